The van der Waals surface area contributed by atoms with E-state index in [-0.39, 0.29) is 5.82 Å². The van der Waals surface area contributed by atoms with Crippen LogP contribution >= 0.6 is 11.9 Å². The zero-order chi connectivity index (χ0) is 15.5. The maximum absolute atomic E-state index is 14.4. The van der Waals surface area contributed by atoms with E-state index in [2.05, 4.69) is 10.2 Å². The number of halogens is 1. The first-order valence-electron chi connectivity index (χ1n) is 6.54. The molecule has 3 aromatic rings. The maximum Gasteiger partial charge on any atom is 0.146 e. The van der Waals surface area contributed by atoms with Crippen LogP contribution in [0.4, 0.5) is 10.2 Å². The largest absolute Gasteiger partial charge is 0.382 e. The first-order chi connectivity index (χ1) is 10.7. The molecule has 0 unspecified atom stereocenters. The normalized spacial score (nSPS) is 10.6. The number of rotatable bonds is 3. The van der Waals surface area contributed by atoms with E-state index in [1.165, 1.54) is 6.07 Å². The number of nitrogen functional groups attached to an aromatic ring is 1. The van der Waals surface area contributed by atoms with Crippen molar-refractivity contribution in [2.75, 3.05) is 5.73 Å². The highest BCUT2D eigenvalue weighted by atomic mass is 32.2. The molecule has 0 saturated carbocycles. The number of nitrogens with two attached hydrogens (primary N) is 2. The Bertz CT molecular complexity index is 805. The van der Waals surface area contributed by atoms with E-state index in [0.717, 1.165) is 28.0 Å². The molecule has 2 aromatic carbocycles. The molecular formula is C16H13FN4S. The molecule has 0 amide bonds. The van der Waals surface area contributed by atoms with Crippen LogP contribution in [0.1, 0.15) is 0 Å². The third kappa shape index (κ3) is 2.79. The summed E-state index contributed by atoms with van der Waals surface area (Å²) < 4.78 is 14.4. The fourth-order valence-electron chi connectivity index (χ4n) is 2.18. The first-order valence-corrected chi connectivity index (χ1v) is 7.42. The van der Waals surface area contributed by atoms with Crippen molar-refractivity contribution >= 4 is 17.8 Å². The Morgan fingerprint density at radius 1 is 0.909 bits per heavy atom. The number of anilines is 1. The molecule has 0 spiro atoms. The fraction of sp³-hybridized carbons (Fsp3) is 0. The van der Waals surface area contributed by atoms with E-state index in [4.69, 9.17) is 10.9 Å². The average Bonchev–Trinajstić information content (AvgIpc) is 2.56. The van der Waals surface area contributed by atoms with Gasteiger partial charge in [-0.1, -0.05) is 24.3 Å². The summed E-state index contributed by atoms with van der Waals surface area (Å²) in [6, 6.07) is 15.8. The van der Waals surface area contributed by atoms with E-state index < -0.39 is 0 Å². The molecule has 1 aromatic heterocycles. The van der Waals surface area contributed by atoms with Gasteiger partial charge in [0.05, 0.1) is 5.69 Å². The van der Waals surface area contributed by atoms with Crippen LogP contribution in [-0.4, -0.2) is 10.2 Å². The minimum absolute atomic E-state index is 0.301. The zero-order valence-corrected chi connectivity index (χ0v) is 12.3. The van der Waals surface area contributed by atoms with E-state index >= 15 is 0 Å². The van der Waals surface area contributed by atoms with Gasteiger partial charge in [0, 0.05) is 10.5 Å². The van der Waals surface area contributed by atoms with E-state index in [9.17, 15) is 4.39 Å². The number of benzene rings is 2. The van der Waals surface area contributed by atoms with Gasteiger partial charge < -0.3 is 5.73 Å². The highest BCUT2D eigenvalue weighted by Gasteiger charge is 2.11. The summed E-state index contributed by atoms with van der Waals surface area (Å²) in [5.74, 6) is -0.0666. The molecule has 0 radical (unpaired) electrons. The van der Waals surface area contributed by atoms with Gasteiger partial charge in [-0.3, -0.25) is 5.14 Å². The van der Waals surface area contributed by atoms with Gasteiger partial charge in [-0.05, 0) is 53.4 Å². The lowest BCUT2D eigenvalue weighted by atomic mass is 10.0. The Morgan fingerprint density at radius 2 is 1.73 bits per heavy atom. The van der Waals surface area contributed by atoms with Crippen molar-refractivity contribution in [3.63, 3.8) is 0 Å². The van der Waals surface area contributed by atoms with Gasteiger partial charge >= 0.3 is 0 Å². The summed E-state index contributed by atoms with van der Waals surface area (Å²) in [6.07, 6.45) is 0. The Balaban J connectivity index is 2.04. The molecule has 6 heteroatoms. The van der Waals surface area contributed by atoms with Gasteiger partial charge in [0.2, 0.25) is 0 Å². The van der Waals surface area contributed by atoms with Crippen molar-refractivity contribution in [1.82, 2.24) is 10.2 Å². The maximum atomic E-state index is 14.4. The van der Waals surface area contributed by atoms with Gasteiger partial charge in [0.15, 0.2) is 0 Å². The standard InChI is InChI=1S/C16H13FN4S/c17-13-9-10(11-3-1-2-4-15(11)22-19)5-6-12(13)14-7-8-16(18)21-20-14/h1-9H,19H2,(H2,18,21). The Hall–Kier alpha value is -2.44. The van der Waals surface area contributed by atoms with Crippen molar-refractivity contribution in [3.8, 4) is 22.4 Å². The van der Waals surface area contributed by atoms with Gasteiger partial charge in [0.25, 0.3) is 0 Å². The van der Waals surface area contributed by atoms with Crippen LogP contribution in [0.3, 0.4) is 0 Å². The Kier molecular flexibility index (Phi) is 4.04. The summed E-state index contributed by atoms with van der Waals surface area (Å²) in [5.41, 5.74) is 7.98. The minimum Gasteiger partial charge on any atom is -0.382 e. The molecule has 1 heterocycles. The molecule has 0 saturated heterocycles. The van der Waals surface area contributed by atoms with Gasteiger partial charge in [-0.2, -0.15) is 0 Å². The van der Waals surface area contributed by atoms with Crippen molar-refractivity contribution < 1.29 is 4.39 Å². The summed E-state index contributed by atoms with van der Waals surface area (Å²) >= 11 is 1.14. The Labute approximate surface area is 131 Å². The molecule has 0 aliphatic heterocycles. The molecule has 110 valence electrons. The lowest BCUT2D eigenvalue weighted by Gasteiger charge is -2.09. The number of nitrogens with zero attached hydrogens (tertiary/aromatic N) is 2. The molecule has 3 rings (SSSR count). The fourth-order valence-corrected chi connectivity index (χ4v) is 2.65. The molecule has 0 atom stereocenters. The molecule has 0 fully saturated rings. The monoisotopic (exact) mass is 312 g/mol. The highest BCUT2D eigenvalue weighted by Crippen LogP contribution is 2.31. The smallest absolute Gasteiger partial charge is 0.146 e. The molecule has 0 aliphatic rings. The van der Waals surface area contributed by atoms with Crippen molar-refractivity contribution in [2.24, 2.45) is 5.14 Å². The topological polar surface area (TPSA) is 77.8 Å². The number of aromatic nitrogens is 2. The minimum atomic E-state index is -0.367. The second-order valence-electron chi connectivity index (χ2n) is 4.65. The molecule has 0 aliphatic carbocycles. The van der Waals surface area contributed by atoms with Crippen molar-refractivity contribution in [3.05, 3.63) is 60.4 Å². The summed E-state index contributed by atoms with van der Waals surface area (Å²) in [5, 5.41) is 13.3. The predicted molar refractivity (Wildman–Crippen MR) is 87.3 cm³/mol. The molecular weight excluding hydrogens is 299 g/mol. The second-order valence-corrected chi connectivity index (χ2v) is 5.33. The van der Waals surface area contributed by atoms with Crippen LogP contribution in [0.5, 0.6) is 0 Å². The third-order valence-electron chi connectivity index (χ3n) is 3.26. The van der Waals surface area contributed by atoms with E-state index in [0.29, 0.717) is 17.1 Å². The average molecular weight is 312 g/mol. The first kappa shape index (κ1) is 14.5. The van der Waals surface area contributed by atoms with Gasteiger partial charge in [-0.25, -0.2) is 4.39 Å². The predicted octanol–water partition coefficient (Wildman–Crippen LogP) is 3.50. The Morgan fingerprint density at radius 3 is 2.41 bits per heavy atom. The second kappa shape index (κ2) is 6.13. The number of hydrogen-bond donors (Lipinski definition) is 2. The van der Waals surface area contributed by atoms with E-state index in [1.54, 1.807) is 18.2 Å². The van der Waals surface area contributed by atoms with Crippen molar-refractivity contribution in [2.45, 2.75) is 4.90 Å². The molecule has 4 nitrogen and oxygen atoms in total. The lowest BCUT2D eigenvalue weighted by molar-refractivity contribution is 0.631. The summed E-state index contributed by atoms with van der Waals surface area (Å²) in [6.45, 7) is 0. The molecule has 0 bridgehead atoms. The van der Waals surface area contributed by atoms with Crippen LogP contribution in [0.2, 0.25) is 0 Å². The molecule has 4 N–H and O–H groups in total. The van der Waals surface area contributed by atoms with Crippen molar-refractivity contribution in [1.29, 1.82) is 0 Å². The lowest BCUT2D eigenvalue weighted by Crippen LogP contribution is -1.95. The number of hydrogen-bond acceptors (Lipinski definition) is 5. The van der Waals surface area contributed by atoms with Gasteiger partial charge in [0.1, 0.15) is 11.6 Å². The van der Waals surface area contributed by atoms with Crippen LogP contribution in [0, 0.1) is 5.82 Å². The summed E-state index contributed by atoms with van der Waals surface area (Å²) in [7, 11) is 0. The van der Waals surface area contributed by atoms with Crippen LogP contribution in [0.25, 0.3) is 22.4 Å². The third-order valence-corrected chi connectivity index (χ3v) is 3.87. The SMILES string of the molecule is NSc1ccccc1-c1ccc(-c2ccc(N)nn2)c(F)c1. The van der Waals surface area contributed by atoms with Crippen LogP contribution < -0.4 is 10.9 Å². The van der Waals surface area contributed by atoms with E-state index in [1.807, 2.05) is 30.3 Å². The zero-order valence-electron chi connectivity index (χ0n) is 11.5. The van der Waals surface area contributed by atoms with Gasteiger partial charge in [-0.15, -0.1) is 10.2 Å². The van der Waals surface area contributed by atoms with Crippen LogP contribution in [-0.2, 0) is 0 Å². The van der Waals surface area contributed by atoms with Crippen LogP contribution in [0.15, 0.2) is 59.5 Å². The quantitative estimate of drug-likeness (QED) is 0.724. The summed E-state index contributed by atoms with van der Waals surface area (Å²) in [4.78, 5) is 0.891. The molecule has 22 heavy (non-hydrogen) atoms. The highest BCUT2D eigenvalue weighted by molar-refractivity contribution is 7.97.